The largest absolute Gasteiger partial charge is 0.338 e. The van der Waals surface area contributed by atoms with Crippen molar-refractivity contribution in [2.24, 2.45) is 0 Å². The van der Waals surface area contributed by atoms with Crippen molar-refractivity contribution < 1.29 is 12.9 Å². The molecule has 0 atom stereocenters. The quantitative estimate of drug-likeness (QED) is 0.887. The van der Waals surface area contributed by atoms with Crippen LogP contribution in [0.3, 0.4) is 0 Å². The van der Waals surface area contributed by atoms with Crippen LogP contribution in [0.5, 0.6) is 0 Å². The lowest BCUT2D eigenvalue weighted by molar-refractivity contribution is 0.374. The predicted molar refractivity (Wildman–Crippen MR) is 73.9 cm³/mol. The van der Waals surface area contributed by atoms with Gasteiger partial charge < -0.3 is 4.52 Å². The third-order valence-corrected chi connectivity index (χ3v) is 4.13. The van der Waals surface area contributed by atoms with Crippen LogP contribution in [0, 0.1) is 6.92 Å². The molecule has 1 aromatic heterocycles. The Labute approximate surface area is 117 Å². The highest BCUT2D eigenvalue weighted by atomic mass is 32.2. The van der Waals surface area contributed by atoms with E-state index in [4.69, 9.17) is 4.52 Å². The molecule has 2 aromatic rings. The van der Waals surface area contributed by atoms with Crippen molar-refractivity contribution in [3.05, 3.63) is 35.7 Å². The Bertz CT molecular complexity index is 677. The van der Waals surface area contributed by atoms with Gasteiger partial charge in [0, 0.05) is 19.7 Å². The van der Waals surface area contributed by atoms with E-state index in [9.17, 15) is 8.42 Å². The number of nitrogens with one attached hydrogen (secondary N) is 1. The van der Waals surface area contributed by atoms with Gasteiger partial charge in [-0.25, -0.2) is 0 Å². The molecule has 0 aliphatic carbocycles. The third kappa shape index (κ3) is 3.41. The zero-order valence-corrected chi connectivity index (χ0v) is 12.3. The van der Waals surface area contributed by atoms with E-state index in [2.05, 4.69) is 14.9 Å². The Morgan fingerprint density at radius 2 is 1.90 bits per heavy atom. The summed E-state index contributed by atoms with van der Waals surface area (Å²) in [7, 11) is -0.625. The summed E-state index contributed by atoms with van der Waals surface area (Å²) < 4.78 is 31.5. The van der Waals surface area contributed by atoms with Crippen LogP contribution in [0.15, 0.2) is 28.8 Å². The lowest BCUT2D eigenvalue weighted by Crippen LogP contribution is -2.35. The molecule has 0 radical (unpaired) electrons. The van der Waals surface area contributed by atoms with Crippen molar-refractivity contribution in [1.82, 2.24) is 19.2 Å². The second-order valence-electron chi connectivity index (χ2n) is 4.49. The van der Waals surface area contributed by atoms with Crippen LogP contribution in [0.25, 0.3) is 11.4 Å². The monoisotopic (exact) mass is 296 g/mol. The molecule has 0 saturated heterocycles. The maximum atomic E-state index is 11.5. The van der Waals surface area contributed by atoms with Crippen LogP contribution in [0.1, 0.15) is 11.5 Å². The van der Waals surface area contributed by atoms with E-state index in [1.807, 2.05) is 31.2 Å². The Hall–Kier alpha value is -1.77. The summed E-state index contributed by atoms with van der Waals surface area (Å²) in [6.45, 7) is 1.95. The predicted octanol–water partition coefficient (Wildman–Crippen LogP) is 0.941. The highest BCUT2D eigenvalue weighted by Gasteiger charge is 2.15. The molecule has 0 saturated carbocycles. The van der Waals surface area contributed by atoms with Gasteiger partial charge in [-0.2, -0.15) is 22.4 Å². The van der Waals surface area contributed by atoms with Crippen molar-refractivity contribution >= 4 is 10.2 Å². The molecule has 20 heavy (non-hydrogen) atoms. The number of benzene rings is 1. The number of nitrogens with zero attached hydrogens (tertiary/aromatic N) is 3. The van der Waals surface area contributed by atoms with Crippen molar-refractivity contribution in [2.45, 2.75) is 13.5 Å². The summed E-state index contributed by atoms with van der Waals surface area (Å²) in [5.74, 6) is 0.648. The molecule has 0 bridgehead atoms. The second-order valence-corrected chi connectivity index (χ2v) is 6.46. The first-order valence-corrected chi connectivity index (χ1v) is 7.39. The number of aryl methyl sites for hydroxylation is 1. The molecule has 1 N–H and O–H groups in total. The average molecular weight is 296 g/mol. The number of hydrogen-bond acceptors (Lipinski definition) is 5. The zero-order chi connectivity index (χ0) is 14.8. The SMILES string of the molecule is Cc1ccc(-c2noc(CNS(=O)(=O)N(C)C)n2)cc1. The molecule has 0 aliphatic rings. The topological polar surface area (TPSA) is 88.3 Å². The Kier molecular flexibility index (Phi) is 4.17. The Morgan fingerprint density at radius 1 is 1.25 bits per heavy atom. The number of aromatic nitrogens is 2. The molecule has 1 aromatic carbocycles. The van der Waals surface area contributed by atoms with Crippen LogP contribution >= 0.6 is 0 Å². The smallest absolute Gasteiger partial charge is 0.279 e. The minimum absolute atomic E-state index is 0.0423. The van der Waals surface area contributed by atoms with Crippen molar-refractivity contribution in [2.75, 3.05) is 14.1 Å². The highest BCUT2D eigenvalue weighted by molar-refractivity contribution is 7.87. The molecule has 1 heterocycles. The third-order valence-electron chi connectivity index (χ3n) is 2.66. The minimum atomic E-state index is -3.50. The molecule has 8 heteroatoms. The maximum absolute atomic E-state index is 11.5. The minimum Gasteiger partial charge on any atom is -0.338 e. The fraction of sp³-hybridized carbons (Fsp3) is 0.333. The van der Waals surface area contributed by atoms with E-state index in [0.717, 1.165) is 15.4 Å². The summed E-state index contributed by atoms with van der Waals surface area (Å²) in [4.78, 5) is 4.15. The number of hydrogen-bond donors (Lipinski definition) is 1. The molecule has 0 spiro atoms. The van der Waals surface area contributed by atoms with Crippen LogP contribution in [-0.2, 0) is 16.8 Å². The van der Waals surface area contributed by atoms with Gasteiger partial charge in [-0.15, -0.1) is 0 Å². The number of rotatable bonds is 5. The van der Waals surface area contributed by atoms with Crippen molar-refractivity contribution in [1.29, 1.82) is 0 Å². The summed E-state index contributed by atoms with van der Waals surface area (Å²) >= 11 is 0. The Balaban J connectivity index is 2.08. The molecule has 2 rings (SSSR count). The lowest BCUT2D eigenvalue weighted by atomic mass is 10.1. The first kappa shape index (κ1) is 14.6. The summed E-state index contributed by atoms with van der Waals surface area (Å²) in [6.07, 6.45) is 0. The molecule has 7 nitrogen and oxygen atoms in total. The molecular weight excluding hydrogens is 280 g/mol. The normalized spacial score (nSPS) is 12.0. The van der Waals surface area contributed by atoms with Gasteiger partial charge in [0.15, 0.2) is 0 Å². The Morgan fingerprint density at radius 3 is 2.50 bits per heavy atom. The highest BCUT2D eigenvalue weighted by Crippen LogP contribution is 2.16. The standard InChI is InChI=1S/C12H16N4O3S/c1-9-4-6-10(7-5-9)12-14-11(19-15-12)8-13-20(17,18)16(2)3/h4-7,13H,8H2,1-3H3. The summed E-state index contributed by atoms with van der Waals surface area (Å²) in [5, 5.41) is 3.83. The van der Waals surface area contributed by atoms with Crippen LogP contribution in [0.2, 0.25) is 0 Å². The van der Waals surface area contributed by atoms with Crippen LogP contribution in [-0.4, -0.2) is 37.0 Å². The first-order valence-electron chi connectivity index (χ1n) is 5.95. The van der Waals surface area contributed by atoms with Crippen LogP contribution in [0.4, 0.5) is 0 Å². The van der Waals surface area contributed by atoms with E-state index >= 15 is 0 Å². The lowest BCUT2D eigenvalue weighted by Gasteiger charge is -2.10. The van der Waals surface area contributed by atoms with E-state index in [1.165, 1.54) is 14.1 Å². The van der Waals surface area contributed by atoms with Gasteiger partial charge in [0.2, 0.25) is 11.7 Å². The van der Waals surface area contributed by atoms with Gasteiger partial charge in [-0.3, -0.25) is 0 Å². The van der Waals surface area contributed by atoms with Crippen molar-refractivity contribution in [3.63, 3.8) is 0 Å². The van der Waals surface area contributed by atoms with Gasteiger partial charge in [-0.1, -0.05) is 35.0 Å². The molecule has 0 amide bonds. The van der Waals surface area contributed by atoms with Gasteiger partial charge in [-0.05, 0) is 6.92 Å². The molecule has 0 aliphatic heterocycles. The van der Waals surface area contributed by atoms with Gasteiger partial charge in [0.05, 0.1) is 6.54 Å². The van der Waals surface area contributed by atoms with E-state index in [0.29, 0.717) is 5.82 Å². The first-order chi connectivity index (χ1) is 9.38. The molecule has 108 valence electrons. The fourth-order valence-corrected chi connectivity index (χ4v) is 1.99. The second kappa shape index (κ2) is 5.70. The van der Waals surface area contributed by atoms with E-state index < -0.39 is 10.2 Å². The molecular formula is C12H16N4O3S. The van der Waals surface area contributed by atoms with Gasteiger partial charge in [0.1, 0.15) is 0 Å². The average Bonchev–Trinajstić information content (AvgIpc) is 2.86. The van der Waals surface area contributed by atoms with Crippen molar-refractivity contribution in [3.8, 4) is 11.4 Å². The zero-order valence-electron chi connectivity index (χ0n) is 11.5. The summed E-state index contributed by atoms with van der Waals surface area (Å²) in [6, 6.07) is 7.65. The molecule has 0 fully saturated rings. The fourth-order valence-electron chi connectivity index (χ4n) is 1.43. The van der Waals surface area contributed by atoms with Gasteiger partial charge >= 0.3 is 0 Å². The van der Waals surface area contributed by atoms with E-state index in [1.54, 1.807) is 0 Å². The van der Waals surface area contributed by atoms with Gasteiger partial charge in [0.25, 0.3) is 10.2 Å². The maximum Gasteiger partial charge on any atom is 0.279 e. The van der Waals surface area contributed by atoms with Crippen LogP contribution < -0.4 is 4.72 Å². The van der Waals surface area contributed by atoms with E-state index in [-0.39, 0.29) is 12.4 Å². The summed E-state index contributed by atoms with van der Waals surface area (Å²) in [5.41, 5.74) is 1.96. The molecule has 0 unspecified atom stereocenters.